The monoisotopic (exact) mass is 368 g/mol. The number of benzene rings is 2. The van der Waals surface area contributed by atoms with E-state index >= 15 is 0 Å². The maximum absolute atomic E-state index is 12.2. The Morgan fingerprint density at radius 3 is 2.44 bits per heavy atom. The molecule has 0 amide bonds. The Hall–Kier alpha value is -3.08. The molecule has 0 saturated carbocycles. The zero-order valence-corrected chi connectivity index (χ0v) is 16.1. The number of carbonyl (C=O) groups excluding carboxylic acids is 2. The van der Waals surface area contributed by atoms with Gasteiger partial charge in [0.25, 0.3) is 0 Å². The van der Waals surface area contributed by atoms with Crippen LogP contribution in [0.15, 0.2) is 42.5 Å². The summed E-state index contributed by atoms with van der Waals surface area (Å²) in [6, 6.07) is 10.9. The molecule has 0 unspecified atom stereocenters. The molecule has 2 aromatic rings. The molecule has 0 spiro atoms. The Morgan fingerprint density at radius 1 is 1.00 bits per heavy atom. The topological polar surface area (TPSA) is 61.8 Å². The van der Waals surface area contributed by atoms with Crippen LogP contribution in [0.1, 0.15) is 34.0 Å². The van der Waals surface area contributed by atoms with Crippen LogP contribution in [0, 0.1) is 13.8 Å². The number of carbonyl (C=O) groups is 2. The zero-order valence-electron chi connectivity index (χ0n) is 16.1. The van der Waals surface area contributed by atoms with E-state index in [-0.39, 0.29) is 19.0 Å². The van der Waals surface area contributed by atoms with E-state index in [9.17, 15) is 9.59 Å². The Kier molecular flexibility index (Phi) is 7.17. The van der Waals surface area contributed by atoms with Crippen molar-refractivity contribution in [1.29, 1.82) is 0 Å². The number of ketones is 1. The lowest BCUT2D eigenvalue weighted by Gasteiger charge is -2.11. The molecular formula is C22H24O5. The van der Waals surface area contributed by atoms with E-state index in [2.05, 4.69) is 0 Å². The quantitative estimate of drug-likeness (QED) is 0.517. The van der Waals surface area contributed by atoms with Crippen molar-refractivity contribution < 1.29 is 23.8 Å². The number of methoxy groups -OCH3 is 1. The summed E-state index contributed by atoms with van der Waals surface area (Å²) >= 11 is 0. The standard InChI is InChI=1S/C22H24O5/c1-5-6-17-8-10-20(21(12-17)25-4)26-14-22(24)27-13-19(23)18-9-7-15(2)11-16(18)3/h5-12H,13-14H2,1-4H3/b6-5+. The predicted molar refractivity (Wildman–Crippen MR) is 104 cm³/mol. The van der Waals surface area contributed by atoms with Crippen molar-refractivity contribution in [3.05, 3.63) is 64.7 Å². The van der Waals surface area contributed by atoms with Crippen LogP contribution in [-0.4, -0.2) is 32.1 Å². The molecule has 2 rings (SSSR count). The largest absolute Gasteiger partial charge is 0.493 e. The van der Waals surface area contributed by atoms with Gasteiger partial charge in [0.2, 0.25) is 5.78 Å². The number of esters is 1. The Morgan fingerprint density at radius 2 is 1.78 bits per heavy atom. The van der Waals surface area contributed by atoms with Gasteiger partial charge in [0.1, 0.15) is 0 Å². The van der Waals surface area contributed by atoms with E-state index < -0.39 is 5.97 Å². The van der Waals surface area contributed by atoms with Crippen LogP contribution in [0.25, 0.3) is 6.08 Å². The molecule has 0 radical (unpaired) electrons. The molecule has 27 heavy (non-hydrogen) atoms. The van der Waals surface area contributed by atoms with Gasteiger partial charge in [-0.1, -0.05) is 42.0 Å². The lowest BCUT2D eigenvalue weighted by atomic mass is 10.0. The zero-order chi connectivity index (χ0) is 19.8. The van der Waals surface area contributed by atoms with Gasteiger partial charge >= 0.3 is 5.97 Å². The molecule has 5 heteroatoms. The van der Waals surface area contributed by atoms with Crippen molar-refractivity contribution in [1.82, 2.24) is 0 Å². The molecule has 0 aliphatic heterocycles. The van der Waals surface area contributed by atoms with Crippen LogP contribution in [-0.2, 0) is 9.53 Å². The second-order valence-corrected chi connectivity index (χ2v) is 6.10. The molecule has 2 aromatic carbocycles. The summed E-state index contributed by atoms with van der Waals surface area (Å²) in [5.41, 5.74) is 3.45. The van der Waals surface area contributed by atoms with E-state index in [0.29, 0.717) is 17.1 Å². The molecule has 0 N–H and O–H groups in total. The summed E-state index contributed by atoms with van der Waals surface area (Å²) in [5, 5.41) is 0. The van der Waals surface area contributed by atoms with Crippen LogP contribution in [0.5, 0.6) is 11.5 Å². The van der Waals surface area contributed by atoms with E-state index in [0.717, 1.165) is 16.7 Å². The molecule has 0 aliphatic rings. The molecule has 142 valence electrons. The number of hydrogen-bond donors (Lipinski definition) is 0. The van der Waals surface area contributed by atoms with Gasteiger partial charge in [0.05, 0.1) is 7.11 Å². The van der Waals surface area contributed by atoms with Gasteiger partial charge in [-0.05, 0) is 44.0 Å². The predicted octanol–water partition coefficient (Wildman–Crippen LogP) is 4.15. The molecule has 0 heterocycles. The van der Waals surface area contributed by atoms with E-state index in [1.165, 1.54) is 7.11 Å². The van der Waals surface area contributed by atoms with E-state index in [1.54, 1.807) is 12.1 Å². The second kappa shape index (κ2) is 9.57. The number of aryl methyl sites for hydroxylation is 2. The third kappa shape index (κ3) is 5.71. The van der Waals surface area contributed by atoms with Gasteiger partial charge in [0, 0.05) is 5.56 Å². The minimum Gasteiger partial charge on any atom is -0.493 e. The Balaban J connectivity index is 1.90. The van der Waals surface area contributed by atoms with Crippen molar-refractivity contribution in [3.63, 3.8) is 0 Å². The fourth-order valence-electron chi connectivity index (χ4n) is 2.63. The molecule has 0 aromatic heterocycles. The summed E-state index contributed by atoms with van der Waals surface area (Å²) in [6.45, 7) is 5.11. The van der Waals surface area contributed by atoms with Gasteiger partial charge in [0.15, 0.2) is 24.7 Å². The minimum atomic E-state index is -0.618. The van der Waals surface area contributed by atoms with Crippen molar-refractivity contribution >= 4 is 17.8 Å². The highest BCUT2D eigenvalue weighted by Gasteiger charge is 2.14. The van der Waals surface area contributed by atoms with Gasteiger partial charge in [-0.15, -0.1) is 0 Å². The van der Waals surface area contributed by atoms with Crippen molar-refractivity contribution in [2.45, 2.75) is 20.8 Å². The molecule has 0 saturated heterocycles. The normalized spacial score (nSPS) is 10.7. The molecular weight excluding hydrogens is 344 g/mol. The maximum Gasteiger partial charge on any atom is 0.344 e. The molecule has 0 aliphatic carbocycles. The summed E-state index contributed by atoms with van der Waals surface area (Å²) in [5.74, 6) is 0.0926. The average molecular weight is 368 g/mol. The lowest BCUT2D eigenvalue weighted by Crippen LogP contribution is -2.20. The molecule has 0 bridgehead atoms. The number of allylic oxidation sites excluding steroid dienone is 1. The van der Waals surface area contributed by atoms with Crippen LogP contribution >= 0.6 is 0 Å². The Labute approximate surface area is 159 Å². The second-order valence-electron chi connectivity index (χ2n) is 6.10. The first-order valence-electron chi connectivity index (χ1n) is 8.64. The minimum absolute atomic E-state index is 0.242. The number of hydrogen-bond acceptors (Lipinski definition) is 5. The summed E-state index contributed by atoms with van der Waals surface area (Å²) in [4.78, 5) is 24.1. The van der Waals surface area contributed by atoms with Crippen LogP contribution in [0.4, 0.5) is 0 Å². The Bertz CT molecular complexity index is 852. The lowest BCUT2D eigenvalue weighted by molar-refractivity contribution is -0.144. The van der Waals surface area contributed by atoms with Crippen LogP contribution in [0.2, 0.25) is 0 Å². The van der Waals surface area contributed by atoms with Crippen molar-refractivity contribution in [3.8, 4) is 11.5 Å². The third-order valence-electron chi connectivity index (χ3n) is 3.94. The van der Waals surface area contributed by atoms with Crippen molar-refractivity contribution in [2.75, 3.05) is 20.3 Å². The maximum atomic E-state index is 12.2. The molecule has 0 fully saturated rings. The number of ether oxygens (including phenoxy) is 3. The van der Waals surface area contributed by atoms with E-state index in [4.69, 9.17) is 14.2 Å². The highest BCUT2D eigenvalue weighted by molar-refractivity contribution is 5.99. The average Bonchev–Trinajstić information content (AvgIpc) is 2.65. The molecule has 0 atom stereocenters. The fourth-order valence-corrected chi connectivity index (χ4v) is 2.63. The first-order valence-corrected chi connectivity index (χ1v) is 8.64. The van der Waals surface area contributed by atoms with Gasteiger partial charge in [-0.2, -0.15) is 0 Å². The third-order valence-corrected chi connectivity index (χ3v) is 3.94. The highest BCUT2D eigenvalue weighted by atomic mass is 16.6. The highest BCUT2D eigenvalue weighted by Crippen LogP contribution is 2.28. The smallest absolute Gasteiger partial charge is 0.344 e. The summed E-state index contributed by atoms with van der Waals surface area (Å²) < 4.78 is 15.8. The van der Waals surface area contributed by atoms with E-state index in [1.807, 2.05) is 57.2 Å². The van der Waals surface area contributed by atoms with Gasteiger partial charge in [-0.25, -0.2) is 4.79 Å². The van der Waals surface area contributed by atoms with Gasteiger partial charge < -0.3 is 14.2 Å². The van der Waals surface area contributed by atoms with Crippen LogP contribution in [0.3, 0.4) is 0 Å². The van der Waals surface area contributed by atoms with Crippen molar-refractivity contribution in [2.24, 2.45) is 0 Å². The van der Waals surface area contributed by atoms with Gasteiger partial charge in [-0.3, -0.25) is 4.79 Å². The number of rotatable bonds is 8. The SMILES string of the molecule is C/C=C/c1ccc(OCC(=O)OCC(=O)c2ccc(C)cc2C)c(OC)c1. The fraction of sp³-hybridized carbons (Fsp3) is 0.273. The molecule has 5 nitrogen and oxygen atoms in total. The summed E-state index contributed by atoms with van der Waals surface area (Å²) in [6.07, 6.45) is 3.85. The summed E-state index contributed by atoms with van der Waals surface area (Å²) in [7, 11) is 1.53. The first kappa shape index (κ1) is 20.2. The first-order chi connectivity index (χ1) is 12.9. The number of Topliss-reactive ketones (excluding diaryl/α,β-unsaturated/α-hetero) is 1. The van der Waals surface area contributed by atoms with Crippen LogP contribution < -0.4 is 9.47 Å².